The molecular formula is C11H15N3. The first-order valence-corrected chi connectivity index (χ1v) is 4.93. The van der Waals surface area contributed by atoms with Crippen molar-refractivity contribution < 1.29 is 0 Å². The van der Waals surface area contributed by atoms with Crippen LogP contribution in [0.2, 0.25) is 0 Å². The number of pyridine rings is 1. The van der Waals surface area contributed by atoms with Crippen molar-refractivity contribution in [3.05, 3.63) is 23.9 Å². The SMILES string of the molecule is CCNc1cccc(CCCC#N)n1. The molecule has 0 atom stereocenters. The first kappa shape index (κ1) is 10.5. The number of nitriles is 1. The summed E-state index contributed by atoms with van der Waals surface area (Å²) < 4.78 is 0. The quantitative estimate of drug-likeness (QED) is 0.723. The van der Waals surface area contributed by atoms with Crippen molar-refractivity contribution in [1.82, 2.24) is 4.98 Å². The van der Waals surface area contributed by atoms with Gasteiger partial charge in [0, 0.05) is 18.7 Å². The summed E-state index contributed by atoms with van der Waals surface area (Å²) in [5.74, 6) is 0.918. The third kappa shape index (κ3) is 3.44. The van der Waals surface area contributed by atoms with E-state index in [9.17, 15) is 0 Å². The van der Waals surface area contributed by atoms with E-state index < -0.39 is 0 Å². The molecule has 14 heavy (non-hydrogen) atoms. The Kier molecular flexibility index (Phi) is 4.49. The maximum atomic E-state index is 8.40. The molecule has 0 aromatic carbocycles. The smallest absolute Gasteiger partial charge is 0.126 e. The van der Waals surface area contributed by atoms with Crippen molar-refractivity contribution in [1.29, 1.82) is 5.26 Å². The van der Waals surface area contributed by atoms with Crippen molar-refractivity contribution in [3.63, 3.8) is 0 Å². The molecule has 74 valence electrons. The predicted octanol–water partition coefficient (Wildman–Crippen LogP) is 2.36. The number of nitrogens with one attached hydrogen (secondary N) is 1. The van der Waals surface area contributed by atoms with Crippen LogP contribution in [-0.4, -0.2) is 11.5 Å². The van der Waals surface area contributed by atoms with E-state index in [1.165, 1.54) is 0 Å². The van der Waals surface area contributed by atoms with Crippen molar-refractivity contribution in [3.8, 4) is 6.07 Å². The van der Waals surface area contributed by atoms with Crippen LogP contribution in [0.15, 0.2) is 18.2 Å². The lowest BCUT2D eigenvalue weighted by atomic mass is 10.2. The Morgan fingerprint density at radius 2 is 2.36 bits per heavy atom. The lowest BCUT2D eigenvalue weighted by Crippen LogP contribution is -2.00. The Morgan fingerprint density at radius 3 is 3.07 bits per heavy atom. The Bertz CT molecular complexity index is 315. The fourth-order valence-electron chi connectivity index (χ4n) is 1.25. The number of hydrogen-bond acceptors (Lipinski definition) is 3. The largest absolute Gasteiger partial charge is 0.370 e. The molecular weight excluding hydrogens is 174 g/mol. The molecule has 0 amide bonds. The first-order valence-electron chi connectivity index (χ1n) is 4.93. The Labute approximate surface area is 84.8 Å². The van der Waals surface area contributed by atoms with Gasteiger partial charge < -0.3 is 5.32 Å². The van der Waals surface area contributed by atoms with Crippen LogP contribution in [0.1, 0.15) is 25.5 Å². The van der Waals surface area contributed by atoms with E-state index >= 15 is 0 Å². The molecule has 0 spiro atoms. The summed E-state index contributed by atoms with van der Waals surface area (Å²) in [4.78, 5) is 4.41. The highest BCUT2D eigenvalue weighted by atomic mass is 15.0. The van der Waals surface area contributed by atoms with Gasteiger partial charge >= 0.3 is 0 Å². The van der Waals surface area contributed by atoms with Gasteiger partial charge in [0.15, 0.2) is 0 Å². The van der Waals surface area contributed by atoms with E-state index in [1.807, 2.05) is 25.1 Å². The monoisotopic (exact) mass is 189 g/mol. The molecule has 0 radical (unpaired) electrons. The Hall–Kier alpha value is -1.56. The van der Waals surface area contributed by atoms with Gasteiger partial charge in [0.25, 0.3) is 0 Å². The van der Waals surface area contributed by atoms with Crippen LogP contribution >= 0.6 is 0 Å². The molecule has 0 saturated heterocycles. The average molecular weight is 189 g/mol. The molecule has 1 aromatic rings. The highest BCUT2D eigenvalue weighted by Crippen LogP contribution is 2.07. The van der Waals surface area contributed by atoms with Gasteiger partial charge in [-0.15, -0.1) is 0 Å². The summed E-state index contributed by atoms with van der Waals surface area (Å²) in [5, 5.41) is 11.6. The van der Waals surface area contributed by atoms with Crippen molar-refractivity contribution in [2.75, 3.05) is 11.9 Å². The van der Waals surface area contributed by atoms with Gasteiger partial charge in [-0.3, -0.25) is 0 Å². The van der Waals surface area contributed by atoms with Gasteiger partial charge in [0.1, 0.15) is 5.82 Å². The van der Waals surface area contributed by atoms with E-state index in [2.05, 4.69) is 16.4 Å². The molecule has 0 aliphatic heterocycles. The topological polar surface area (TPSA) is 48.7 Å². The number of aryl methyl sites for hydroxylation is 1. The number of unbranched alkanes of at least 4 members (excludes halogenated alkanes) is 1. The minimum atomic E-state index is 0.604. The lowest BCUT2D eigenvalue weighted by molar-refractivity contribution is 0.825. The Balaban J connectivity index is 2.51. The van der Waals surface area contributed by atoms with E-state index in [1.54, 1.807) is 0 Å². The highest BCUT2D eigenvalue weighted by Gasteiger charge is 1.96. The van der Waals surface area contributed by atoms with E-state index in [-0.39, 0.29) is 0 Å². The number of hydrogen-bond donors (Lipinski definition) is 1. The zero-order valence-corrected chi connectivity index (χ0v) is 8.45. The van der Waals surface area contributed by atoms with Crippen molar-refractivity contribution in [2.24, 2.45) is 0 Å². The zero-order chi connectivity index (χ0) is 10.2. The summed E-state index contributed by atoms with van der Waals surface area (Å²) >= 11 is 0. The summed E-state index contributed by atoms with van der Waals surface area (Å²) in [6.07, 6.45) is 2.37. The summed E-state index contributed by atoms with van der Waals surface area (Å²) in [5.41, 5.74) is 1.05. The van der Waals surface area contributed by atoms with Gasteiger partial charge in [0.05, 0.1) is 6.07 Å². The molecule has 1 rings (SSSR count). The average Bonchev–Trinajstić information content (AvgIpc) is 2.19. The third-order valence-corrected chi connectivity index (χ3v) is 1.89. The van der Waals surface area contributed by atoms with Gasteiger partial charge in [-0.2, -0.15) is 5.26 Å². The number of rotatable bonds is 5. The van der Waals surface area contributed by atoms with Crippen molar-refractivity contribution in [2.45, 2.75) is 26.2 Å². The molecule has 0 aliphatic rings. The van der Waals surface area contributed by atoms with Gasteiger partial charge in [-0.25, -0.2) is 4.98 Å². The van der Waals surface area contributed by atoms with Crippen LogP contribution in [0.3, 0.4) is 0 Å². The second-order valence-electron chi connectivity index (χ2n) is 3.06. The van der Waals surface area contributed by atoms with Gasteiger partial charge in [0.2, 0.25) is 0 Å². The molecule has 3 heteroatoms. The van der Waals surface area contributed by atoms with Gasteiger partial charge in [-0.05, 0) is 31.9 Å². The van der Waals surface area contributed by atoms with Crippen LogP contribution in [0, 0.1) is 11.3 Å². The molecule has 0 bridgehead atoms. The maximum absolute atomic E-state index is 8.40. The maximum Gasteiger partial charge on any atom is 0.126 e. The predicted molar refractivity (Wildman–Crippen MR) is 57.0 cm³/mol. The molecule has 1 N–H and O–H groups in total. The summed E-state index contributed by atoms with van der Waals surface area (Å²) in [7, 11) is 0. The van der Waals surface area contributed by atoms with E-state index in [4.69, 9.17) is 5.26 Å². The summed E-state index contributed by atoms with van der Waals surface area (Å²) in [6.45, 7) is 2.93. The van der Waals surface area contributed by atoms with Crippen molar-refractivity contribution >= 4 is 5.82 Å². The fourth-order valence-corrected chi connectivity index (χ4v) is 1.25. The first-order chi connectivity index (χ1) is 6.86. The lowest BCUT2D eigenvalue weighted by Gasteiger charge is -2.04. The fraction of sp³-hybridized carbons (Fsp3) is 0.455. The second kappa shape index (κ2) is 5.98. The molecule has 0 saturated carbocycles. The number of aromatic nitrogens is 1. The summed E-state index contributed by atoms with van der Waals surface area (Å²) in [6, 6.07) is 8.08. The standard InChI is InChI=1S/C11H15N3/c1-2-13-11-8-5-7-10(14-11)6-3-4-9-12/h5,7-8H,2-4,6H2,1H3,(H,13,14). The zero-order valence-electron chi connectivity index (χ0n) is 8.45. The highest BCUT2D eigenvalue weighted by molar-refractivity contribution is 5.34. The molecule has 1 aromatic heterocycles. The minimum absolute atomic E-state index is 0.604. The van der Waals surface area contributed by atoms with Crippen LogP contribution in [0.25, 0.3) is 0 Å². The van der Waals surface area contributed by atoms with E-state index in [0.29, 0.717) is 6.42 Å². The number of nitrogens with zero attached hydrogens (tertiary/aromatic N) is 2. The third-order valence-electron chi connectivity index (χ3n) is 1.89. The molecule has 3 nitrogen and oxygen atoms in total. The van der Waals surface area contributed by atoms with Crippen LogP contribution in [0.5, 0.6) is 0 Å². The Morgan fingerprint density at radius 1 is 1.50 bits per heavy atom. The van der Waals surface area contributed by atoms with Crippen LogP contribution < -0.4 is 5.32 Å². The number of anilines is 1. The molecule has 1 heterocycles. The van der Waals surface area contributed by atoms with E-state index in [0.717, 1.165) is 30.9 Å². The van der Waals surface area contributed by atoms with Gasteiger partial charge in [-0.1, -0.05) is 6.07 Å². The van der Waals surface area contributed by atoms with Crippen LogP contribution in [0.4, 0.5) is 5.82 Å². The molecule has 0 unspecified atom stereocenters. The molecule has 0 fully saturated rings. The second-order valence-corrected chi connectivity index (χ2v) is 3.06. The van der Waals surface area contributed by atoms with Crippen LogP contribution in [-0.2, 0) is 6.42 Å². The molecule has 0 aliphatic carbocycles. The minimum Gasteiger partial charge on any atom is -0.370 e. The normalized spacial score (nSPS) is 9.43.